The molecule has 34 heavy (non-hydrogen) atoms. The maximum absolute atomic E-state index is 13.4. The zero-order valence-corrected chi connectivity index (χ0v) is 19.7. The lowest BCUT2D eigenvalue weighted by atomic mass is 9.82. The molecule has 2 aromatic rings. The van der Waals surface area contributed by atoms with E-state index in [4.69, 9.17) is 4.74 Å². The number of hydrogen-bond donors (Lipinski definition) is 1. The van der Waals surface area contributed by atoms with Crippen molar-refractivity contribution < 1.29 is 22.7 Å². The van der Waals surface area contributed by atoms with Gasteiger partial charge in [-0.15, -0.1) is 0 Å². The van der Waals surface area contributed by atoms with Gasteiger partial charge in [0.2, 0.25) is 5.91 Å². The van der Waals surface area contributed by atoms with Gasteiger partial charge >= 0.3 is 6.18 Å². The second-order valence-corrected chi connectivity index (χ2v) is 9.15. The number of methoxy groups -OCH3 is 1. The number of piperazine rings is 1. The highest BCUT2D eigenvalue weighted by Crippen LogP contribution is 2.40. The average molecular weight is 477 g/mol. The SMILES string of the molecule is COc1ccc(N2CCN3c4ccc(C(F)(F)F)cc4CC(C(=O)NCCN(C)C)C3C2)cc1. The molecule has 2 aliphatic heterocycles. The standard InChI is InChI=1S/C25H31F3N4O2/c1-30(2)11-10-29-24(33)21-15-17-14-18(25(26,27)28)4-9-22(17)32-13-12-31(16-23(21)32)19-5-7-20(34-3)8-6-19/h4-9,14,21,23H,10-13,15-16H2,1-3H3,(H,29,33). The quantitative estimate of drug-likeness (QED) is 0.694. The molecule has 4 rings (SSSR count). The summed E-state index contributed by atoms with van der Waals surface area (Å²) in [6, 6.07) is 11.6. The third-order valence-electron chi connectivity index (χ3n) is 6.67. The van der Waals surface area contributed by atoms with Gasteiger partial charge in [0, 0.05) is 44.1 Å². The van der Waals surface area contributed by atoms with Crippen LogP contribution in [0.1, 0.15) is 11.1 Å². The number of likely N-dealkylation sites (N-methyl/N-ethyl adjacent to an activating group) is 1. The van der Waals surface area contributed by atoms with Crippen molar-refractivity contribution in [2.45, 2.75) is 18.6 Å². The van der Waals surface area contributed by atoms with Crippen LogP contribution in [0.5, 0.6) is 5.75 Å². The molecule has 2 atom stereocenters. The van der Waals surface area contributed by atoms with E-state index in [1.165, 1.54) is 6.07 Å². The molecule has 1 fully saturated rings. The molecule has 0 radical (unpaired) electrons. The predicted molar refractivity (Wildman–Crippen MR) is 127 cm³/mol. The summed E-state index contributed by atoms with van der Waals surface area (Å²) in [5.74, 6) is 0.211. The molecule has 2 unspecified atom stereocenters. The molecule has 0 aromatic heterocycles. The Morgan fingerprint density at radius 2 is 1.88 bits per heavy atom. The monoisotopic (exact) mass is 476 g/mol. The van der Waals surface area contributed by atoms with Gasteiger partial charge < -0.3 is 24.8 Å². The smallest absolute Gasteiger partial charge is 0.416 e. The number of nitrogens with zero attached hydrogens (tertiary/aromatic N) is 3. The fourth-order valence-electron chi connectivity index (χ4n) is 4.86. The summed E-state index contributed by atoms with van der Waals surface area (Å²) < 4.78 is 45.4. The normalized spacial score (nSPS) is 20.1. The Morgan fingerprint density at radius 1 is 1.15 bits per heavy atom. The van der Waals surface area contributed by atoms with E-state index in [-0.39, 0.29) is 18.4 Å². The molecule has 2 aromatic carbocycles. The number of benzene rings is 2. The summed E-state index contributed by atoms with van der Waals surface area (Å²) in [4.78, 5) is 19.6. The third-order valence-corrected chi connectivity index (χ3v) is 6.67. The Bertz CT molecular complexity index is 1010. The van der Waals surface area contributed by atoms with Gasteiger partial charge in [0.1, 0.15) is 5.75 Å². The fraction of sp³-hybridized carbons (Fsp3) is 0.480. The number of nitrogens with one attached hydrogen (secondary N) is 1. The van der Waals surface area contributed by atoms with Gasteiger partial charge in [-0.1, -0.05) is 0 Å². The van der Waals surface area contributed by atoms with Crippen LogP contribution >= 0.6 is 0 Å². The number of carbonyl (C=O) groups is 1. The first-order valence-electron chi connectivity index (χ1n) is 11.5. The molecule has 1 amide bonds. The third kappa shape index (κ3) is 5.09. The van der Waals surface area contributed by atoms with Crippen LogP contribution in [0.2, 0.25) is 0 Å². The number of rotatable bonds is 6. The van der Waals surface area contributed by atoms with Crippen LogP contribution in [-0.4, -0.2) is 70.8 Å². The van der Waals surface area contributed by atoms with E-state index in [9.17, 15) is 18.0 Å². The van der Waals surface area contributed by atoms with Gasteiger partial charge in [-0.2, -0.15) is 13.2 Å². The van der Waals surface area contributed by atoms with Gasteiger partial charge in [-0.05, 0) is 68.5 Å². The molecule has 0 aliphatic carbocycles. The van der Waals surface area contributed by atoms with Crippen molar-refractivity contribution in [1.82, 2.24) is 10.2 Å². The minimum absolute atomic E-state index is 0.114. The first kappa shape index (κ1) is 24.2. The molecule has 0 bridgehead atoms. The van der Waals surface area contributed by atoms with E-state index >= 15 is 0 Å². The molecule has 2 aliphatic rings. The highest BCUT2D eigenvalue weighted by molar-refractivity contribution is 5.82. The van der Waals surface area contributed by atoms with Crippen molar-refractivity contribution in [3.63, 3.8) is 0 Å². The van der Waals surface area contributed by atoms with E-state index in [1.54, 1.807) is 13.2 Å². The molecular weight excluding hydrogens is 445 g/mol. The summed E-state index contributed by atoms with van der Waals surface area (Å²) in [7, 11) is 5.48. The summed E-state index contributed by atoms with van der Waals surface area (Å²) in [5, 5.41) is 3.00. The fourth-order valence-corrected chi connectivity index (χ4v) is 4.86. The lowest BCUT2D eigenvalue weighted by Crippen LogP contribution is -2.61. The number of fused-ring (bicyclic) bond motifs is 3. The summed E-state index contributed by atoms with van der Waals surface area (Å²) in [5.41, 5.74) is 1.74. The summed E-state index contributed by atoms with van der Waals surface area (Å²) >= 11 is 0. The summed E-state index contributed by atoms with van der Waals surface area (Å²) in [6.07, 6.45) is -4.13. The molecule has 1 N–H and O–H groups in total. The van der Waals surface area contributed by atoms with E-state index in [0.29, 0.717) is 38.3 Å². The Labute approximate surface area is 198 Å². The number of hydrogen-bond acceptors (Lipinski definition) is 5. The van der Waals surface area contributed by atoms with Crippen LogP contribution < -0.4 is 19.9 Å². The van der Waals surface area contributed by atoms with Crippen molar-refractivity contribution in [2.24, 2.45) is 5.92 Å². The highest BCUT2D eigenvalue weighted by atomic mass is 19.4. The van der Waals surface area contributed by atoms with Crippen molar-refractivity contribution >= 4 is 17.3 Å². The molecule has 2 heterocycles. The van der Waals surface area contributed by atoms with Crippen LogP contribution in [0.25, 0.3) is 0 Å². The predicted octanol–water partition coefficient (Wildman–Crippen LogP) is 3.26. The van der Waals surface area contributed by atoms with Crippen LogP contribution in [0, 0.1) is 5.92 Å². The van der Waals surface area contributed by atoms with E-state index in [0.717, 1.165) is 23.2 Å². The number of alkyl halides is 3. The highest BCUT2D eigenvalue weighted by Gasteiger charge is 2.42. The molecular formula is C25H31F3N4O2. The molecule has 184 valence electrons. The largest absolute Gasteiger partial charge is 0.497 e. The number of amides is 1. The minimum atomic E-state index is -4.41. The minimum Gasteiger partial charge on any atom is -0.497 e. The first-order valence-corrected chi connectivity index (χ1v) is 11.5. The lowest BCUT2D eigenvalue weighted by Gasteiger charge is -2.49. The second kappa shape index (κ2) is 9.74. The zero-order chi connectivity index (χ0) is 24.5. The van der Waals surface area contributed by atoms with Crippen molar-refractivity contribution in [2.75, 3.05) is 63.7 Å². The van der Waals surface area contributed by atoms with Gasteiger partial charge in [0.05, 0.1) is 24.6 Å². The zero-order valence-electron chi connectivity index (χ0n) is 19.7. The molecule has 0 saturated carbocycles. The Morgan fingerprint density at radius 3 is 2.53 bits per heavy atom. The second-order valence-electron chi connectivity index (χ2n) is 9.15. The Kier molecular flexibility index (Phi) is 6.93. The number of carbonyl (C=O) groups excluding carboxylic acids is 1. The van der Waals surface area contributed by atoms with Crippen LogP contribution in [0.15, 0.2) is 42.5 Å². The molecule has 0 spiro atoms. The maximum atomic E-state index is 13.4. The van der Waals surface area contributed by atoms with Crippen LogP contribution in [0.4, 0.5) is 24.5 Å². The molecule has 1 saturated heterocycles. The molecule has 9 heteroatoms. The van der Waals surface area contributed by atoms with E-state index < -0.39 is 17.7 Å². The van der Waals surface area contributed by atoms with Gasteiger partial charge in [-0.25, -0.2) is 0 Å². The number of anilines is 2. The van der Waals surface area contributed by atoms with Crippen molar-refractivity contribution in [1.29, 1.82) is 0 Å². The van der Waals surface area contributed by atoms with Gasteiger partial charge in [0.15, 0.2) is 0 Å². The lowest BCUT2D eigenvalue weighted by molar-refractivity contribution is -0.137. The first-order chi connectivity index (χ1) is 16.2. The molecule has 6 nitrogen and oxygen atoms in total. The van der Waals surface area contributed by atoms with Crippen molar-refractivity contribution in [3.8, 4) is 5.75 Å². The van der Waals surface area contributed by atoms with Crippen LogP contribution in [-0.2, 0) is 17.4 Å². The summed E-state index contributed by atoms with van der Waals surface area (Å²) in [6.45, 7) is 3.12. The number of ether oxygens (including phenoxy) is 1. The topological polar surface area (TPSA) is 48.1 Å². The Hall–Kier alpha value is -2.94. The number of halogens is 3. The van der Waals surface area contributed by atoms with Crippen molar-refractivity contribution in [3.05, 3.63) is 53.6 Å². The maximum Gasteiger partial charge on any atom is 0.416 e. The van der Waals surface area contributed by atoms with E-state index in [2.05, 4.69) is 15.1 Å². The average Bonchev–Trinajstić information content (AvgIpc) is 2.82. The van der Waals surface area contributed by atoms with Gasteiger partial charge in [-0.3, -0.25) is 4.79 Å². The van der Waals surface area contributed by atoms with Gasteiger partial charge in [0.25, 0.3) is 0 Å². The Balaban J connectivity index is 1.62. The van der Waals surface area contributed by atoms with E-state index in [1.807, 2.05) is 43.3 Å². The van der Waals surface area contributed by atoms with Crippen LogP contribution in [0.3, 0.4) is 0 Å².